The van der Waals surface area contributed by atoms with E-state index in [1.165, 1.54) is 6.07 Å². The van der Waals surface area contributed by atoms with Crippen molar-refractivity contribution >= 4 is 9.84 Å². The van der Waals surface area contributed by atoms with E-state index in [-0.39, 0.29) is 30.6 Å². The largest absolute Gasteiger partial charge is 0.417 e. The molecule has 1 heterocycles. The summed E-state index contributed by atoms with van der Waals surface area (Å²) >= 11 is 0. The number of hydrogen-bond acceptors (Lipinski definition) is 5. The highest BCUT2D eigenvalue weighted by Gasteiger charge is 2.42. The van der Waals surface area contributed by atoms with E-state index in [0.29, 0.717) is 23.4 Å². The lowest BCUT2D eigenvalue weighted by molar-refractivity contribution is -0.139. The van der Waals surface area contributed by atoms with E-state index in [2.05, 4.69) is 5.16 Å². The Morgan fingerprint density at radius 2 is 1.90 bits per heavy atom. The molecule has 0 saturated heterocycles. The molecule has 0 unspecified atom stereocenters. The normalized spacial score (nSPS) is 20.6. The predicted octanol–water partition coefficient (Wildman–Crippen LogP) is 5.10. The molecule has 1 saturated carbocycles. The summed E-state index contributed by atoms with van der Waals surface area (Å²) in [5, 5.41) is 2.87. The van der Waals surface area contributed by atoms with Gasteiger partial charge in [-0.15, -0.1) is 0 Å². The molecule has 29 heavy (non-hydrogen) atoms. The number of benzene rings is 1. The van der Waals surface area contributed by atoms with Crippen LogP contribution in [0.2, 0.25) is 0 Å². The Morgan fingerprint density at radius 1 is 1.21 bits per heavy atom. The van der Waals surface area contributed by atoms with Crippen LogP contribution in [0.1, 0.15) is 50.1 Å². The first kappa shape index (κ1) is 21.8. The highest BCUT2D eigenvalue weighted by molar-refractivity contribution is 7.92. The summed E-state index contributed by atoms with van der Waals surface area (Å²) < 4.78 is 78.3. The van der Waals surface area contributed by atoms with Gasteiger partial charge < -0.3 is 9.26 Å². The summed E-state index contributed by atoms with van der Waals surface area (Å²) in [5.41, 5.74) is -0.0652. The second kappa shape index (κ2) is 7.75. The van der Waals surface area contributed by atoms with Gasteiger partial charge in [0.1, 0.15) is 5.76 Å². The van der Waals surface area contributed by atoms with Crippen LogP contribution in [0, 0.1) is 13.8 Å². The third kappa shape index (κ3) is 4.35. The molecule has 0 radical (unpaired) electrons. The first-order valence-corrected chi connectivity index (χ1v) is 11.0. The molecule has 1 fully saturated rings. The standard InChI is InChI=1S/C20H24F3NO4S/c1-11(2)27-15-6-7-16(10-15)29(25,26)18-8-5-14(9-17(18)20(21,22)23)19-12(3)24-28-13(19)4/h5,8-9,11,15-16H,6-7,10H2,1-4H3/t15-,16-/m0/s1. The number of ether oxygens (including phenoxy) is 1. The molecule has 0 N–H and O–H groups in total. The molecule has 2 aromatic rings. The highest BCUT2D eigenvalue weighted by Crippen LogP contribution is 2.41. The molecular formula is C20H24F3NO4S. The minimum atomic E-state index is -4.82. The van der Waals surface area contributed by atoms with Crippen LogP contribution < -0.4 is 0 Å². The van der Waals surface area contributed by atoms with E-state index < -0.39 is 31.7 Å². The van der Waals surface area contributed by atoms with Crippen LogP contribution in [0.5, 0.6) is 0 Å². The molecule has 1 aromatic heterocycles. The Balaban J connectivity index is 2.03. The fourth-order valence-corrected chi connectivity index (χ4v) is 5.93. The van der Waals surface area contributed by atoms with Crippen molar-refractivity contribution in [1.29, 1.82) is 0 Å². The number of rotatable bonds is 5. The van der Waals surface area contributed by atoms with Gasteiger partial charge in [-0.2, -0.15) is 13.2 Å². The minimum absolute atomic E-state index is 0.0680. The van der Waals surface area contributed by atoms with E-state index in [0.717, 1.165) is 12.1 Å². The number of aryl methyl sites for hydroxylation is 2. The molecular weight excluding hydrogens is 407 g/mol. The summed E-state index contributed by atoms with van der Waals surface area (Å²) in [6, 6.07) is 3.30. The van der Waals surface area contributed by atoms with Crippen molar-refractivity contribution in [2.45, 2.75) is 75.5 Å². The van der Waals surface area contributed by atoms with Crippen LogP contribution in [0.4, 0.5) is 13.2 Å². The van der Waals surface area contributed by atoms with Crippen molar-refractivity contribution in [3.63, 3.8) is 0 Å². The first-order chi connectivity index (χ1) is 13.4. The Labute approximate surface area is 168 Å². The Morgan fingerprint density at radius 3 is 2.45 bits per heavy atom. The number of sulfone groups is 1. The van der Waals surface area contributed by atoms with Crippen LogP contribution in [-0.4, -0.2) is 31.0 Å². The van der Waals surface area contributed by atoms with Gasteiger partial charge in [0.25, 0.3) is 0 Å². The zero-order valence-electron chi connectivity index (χ0n) is 16.7. The van der Waals surface area contributed by atoms with Gasteiger partial charge in [-0.05, 0) is 64.7 Å². The van der Waals surface area contributed by atoms with Gasteiger partial charge in [0.05, 0.1) is 33.6 Å². The van der Waals surface area contributed by atoms with Crippen molar-refractivity contribution in [1.82, 2.24) is 5.16 Å². The van der Waals surface area contributed by atoms with Gasteiger partial charge in [0.2, 0.25) is 0 Å². The van der Waals surface area contributed by atoms with E-state index in [1.54, 1.807) is 13.8 Å². The maximum atomic E-state index is 13.8. The Kier molecular flexibility index (Phi) is 5.84. The van der Waals surface area contributed by atoms with Gasteiger partial charge >= 0.3 is 6.18 Å². The van der Waals surface area contributed by atoms with Crippen LogP contribution in [-0.2, 0) is 20.8 Å². The van der Waals surface area contributed by atoms with E-state index in [9.17, 15) is 21.6 Å². The van der Waals surface area contributed by atoms with Crippen molar-refractivity contribution in [2.75, 3.05) is 0 Å². The lowest BCUT2D eigenvalue weighted by Crippen LogP contribution is -2.24. The van der Waals surface area contributed by atoms with Gasteiger partial charge in [-0.3, -0.25) is 0 Å². The van der Waals surface area contributed by atoms with E-state index in [1.807, 2.05) is 13.8 Å². The molecule has 3 rings (SSSR count). The molecule has 1 aliphatic rings. The Bertz CT molecular complexity index is 976. The third-order valence-electron chi connectivity index (χ3n) is 5.15. The maximum Gasteiger partial charge on any atom is 0.417 e. The van der Waals surface area contributed by atoms with Crippen LogP contribution >= 0.6 is 0 Å². The van der Waals surface area contributed by atoms with Crippen molar-refractivity contribution in [2.24, 2.45) is 0 Å². The molecule has 2 atom stereocenters. The number of nitrogens with zero attached hydrogens (tertiary/aromatic N) is 1. The second-order valence-corrected chi connectivity index (χ2v) is 9.89. The number of hydrogen-bond donors (Lipinski definition) is 0. The maximum absolute atomic E-state index is 13.8. The van der Waals surface area contributed by atoms with Crippen LogP contribution in [0.25, 0.3) is 11.1 Å². The predicted molar refractivity (Wildman–Crippen MR) is 101 cm³/mol. The third-order valence-corrected chi connectivity index (χ3v) is 7.43. The molecule has 1 aliphatic carbocycles. The number of aromatic nitrogens is 1. The first-order valence-electron chi connectivity index (χ1n) is 9.45. The fraction of sp³-hybridized carbons (Fsp3) is 0.550. The summed E-state index contributed by atoms with van der Waals surface area (Å²) in [5.74, 6) is 0.371. The molecule has 0 spiro atoms. The Hall–Kier alpha value is -1.87. The average Bonchev–Trinajstić information content (AvgIpc) is 3.20. The molecule has 1 aromatic carbocycles. The van der Waals surface area contributed by atoms with Crippen molar-refractivity contribution in [3.05, 3.63) is 35.2 Å². The van der Waals surface area contributed by atoms with E-state index in [4.69, 9.17) is 9.26 Å². The second-order valence-electron chi connectivity index (χ2n) is 7.69. The summed E-state index contributed by atoms with van der Waals surface area (Å²) in [4.78, 5) is -0.685. The summed E-state index contributed by atoms with van der Waals surface area (Å²) in [6.07, 6.45) is -4.15. The van der Waals surface area contributed by atoms with Crippen LogP contribution in [0.15, 0.2) is 27.6 Å². The van der Waals surface area contributed by atoms with Gasteiger partial charge in [0, 0.05) is 5.56 Å². The molecule has 160 valence electrons. The van der Waals surface area contributed by atoms with E-state index >= 15 is 0 Å². The minimum Gasteiger partial charge on any atom is -0.376 e. The topological polar surface area (TPSA) is 69.4 Å². The SMILES string of the molecule is Cc1noc(C)c1-c1ccc(S(=O)(=O)[C@H]2CC[C@H](OC(C)C)C2)c(C(F)(F)F)c1. The van der Waals surface area contributed by atoms with Gasteiger partial charge in [-0.1, -0.05) is 11.2 Å². The molecule has 0 bridgehead atoms. The summed E-state index contributed by atoms with van der Waals surface area (Å²) in [6.45, 7) is 6.91. The van der Waals surface area contributed by atoms with Crippen molar-refractivity contribution in [3.8, 4) is 11.1 Å². The van der Waals surface area contributed by atoms with Gasteiger partial charge in [-0.25, -0.2) is 8.42 Å². The summed E-state index contributed by atoms with van der Waals surface area (Å²) in [7, 11) is -4.17. The fourth-order valence-electron chi connectivity index (χ4n) is 3.92. The average molecular weight is 431 g/mol. The molecule has 9 heteroatoms. The highest BCUT2D eigenvalue weighted by atomic mass is 32.2. The lowest BCUT2D eigenvalue weighted by Gasteiger charge is -2.19. The quantitative estimate of drug-likeness (QED) is 0.659. The zero-order valence-corrected chi connectivity index (χ0v) is 17.5. The van der Waals surface area contributed by atoms with Crippen molar-refractivity contribution < 1.29 is 30.8 Å². The number of alkyl halides is 3. The molecule has 0 amide bonds. The monoisotopic (exact) mass is 431 g/mol. The van der Waals surface area contributed by atoms with Crippen LogP contribution in [0.3, 0.4) is 0 Å². The number of halogens is 3. The lowest BCUT2D eigenvalue weighted by atomic mass is 10.0. The van der Waals surface area contributed by atoms with Gasteiger partial charge in [0.15, 0.2) is 9.84 Å². The zero-order chi connectivity index (χ0) is 21.6. The molecule has 5 nitrogen and oxygen atoms in total. The molecule has 0 aliphatic heterocycles. The smallest absolute Gasteiger partial charge is 0.376 e.